The highest BCUT2D eigenvalue weighted by Gasteiger charge is 2.27. The first kappa shape index (κ1) is 19.8. The van der Waals surface area contributed by atoms with Crippen LogP contribution in [0.15, 0.2) is 10.2 Å². The zero-order valence-corrected chi connectivity index (χ0v) is 19.4. The molecule has 0 unspecified atom stereocenters. The molecule has 4 heterocycles. The van der Waals surface area contributed by atoms with Crippen LogP contribution in [0.3, 0.4) is 0 Å². The summed E-state index contributed by atoms with van der Waals surface area (Å²) in [5.74, 6) is 1.99. The lowest BCUT2D eigenvalue weighted by molar-refractivity contribution is 0.122. The van der Waals surface area contributed by atoms with Gasteiger partial charge >= 0.3 is 0 Å². The Hall–Kier alpha value is -1.09. The maximum absolute atomic E-state index is 5.66. The van der Waals surface area contributed by atoms with Gasteiger partial charge in [0.1, 0.15) is 9.86 Å². The molecule has 29 heavy (non-hydrogen) atoms. The summed E-state index contributed by atoms with van der Waals surface area (Å²) in [6, 6.07) is 0. The van der Waals surface area contributed by atoms with Crippen molar-refractivity contribution in [1.82, 2.24) is 15.0 Å². The SMILES string of the molecule is CCSc1nc(SCC)c2sc3nc4c(c(N5CCOCC5)c3c2n1)CCCC4. The number of fused-ring (bicyclic) bond motifs is 4. The Labute approximate surface area is 184 Å². The van der Waals surface area contributed by atoms with Gasteiger partial charge in [-0.1, -0.05) is 25.6 Å². The van der Waals surface area contributed by atoms with E-state index in [2.05, 4.69) is 18.7 Å². The van der Waals surface area contributed by atoms with Crippen LogP contribution >= 0.6 is 34.9 Å². The summed E-state index contributed by atoms with van der Waals surface area (Å²) >= 11 is 5.33. The largest absolute Gasteiger partial charge is 0.378 e. The monoisotopic (exact) mass is 446 g/mol. The second-order valence-electron chi connectivity index (χ2n) is 7.33. The van der Waals surface area contributed by atoms with Gasteiger partial charge < -0.3 is 9.64 Å². The second-order valence-corrected chi connectivity index (χ2v) is 10.8. The molecule has 5 rings (SSSR count). The van der Waals surface area contributed by atoms with E-state index >= 15 is 0 Å². The Morgan fingerprint density at radius 2 is 1.79 bits per heavy atom. The van der Waals surface area contributed by atoms with E-state index in [1.165, 1.54) is 39.9 Å². The average molecular weight is 447 g/mol. The van der Waals surface area contributed by atoms with Crippen molar-refractivity contribution in [2.24, 2.45) is 0 Å². The smallest absolute Gasteiger partial charge is 0.189 e. The summed E-state index contributed by atoms with van der Waals surface area (Å²) in [6.45, 7) is 7.83. The molecule has 0 aromatic carbocycles. The van der Waals surface area contributed by atoms with Gasteiger partial charge in [-0.3, -0.25) is 0 Å². The van der Waals surface area contributed by atoms with E-state index in [0.717, 1.165) is 71.2 Å². The van der Waals surface area contributed by atoms with Gasteiger partial charge in [0.2, 0.25) is 0 Å². The quantitative estimate of drug-likeness (QED) is 0.304. The number of pyridine rings is 1. The Bertz CT molecular complexity index is 1050. The fourth-order valence-corrected chi connectivity index (χ4v) is 6.92. The maximum atomic E-state index is 5.66. The van der Waals surface area contributed by atoms with Crippen LogP contribution in [-0.4, -0.2) is 52.8 Å². The molecule has 0 N–H and O–H groups in total. The molecule has 0 amide bonds. The van der Waals surface area contributed by atoms with Crippen molar-refractivity contribution in [2.45, 2.75) is 49.7 Å². The van der Waals surface area contributed by atoms with Gasteiger partial charge in [0.05, 0.1) is 34.5 Å². The first-order valence-corrected chi connectivity index (χ1v) is 13.3. The third kappa shape index (κ3) is 3.62. The third-order valence-electron chi connectivity index (χ3n) is 5.54. The Balaban J connectivity index is 1.82. The molecule has 3 aromatic heterocycles. The van der Waals surface area contributed by atoms with Crippen molar-refractivity contribution in [3.63, 3.8) is 0 Å². The number of rotatable bonds is 5. The molecular weight excluding hydrogens is 420 g/mol. The molecule has 2 aliphatic rings. The lowest BCUT2D eigenvalue weighted by Crippen LogP contribution is -2.37. The van der Waals surface area contributed by atoms with Crippen LogP contribution in [-0.2, 0) is 17.6 Å². The van der Waals surface area contributed by atoms with E-state index in [0.29, 0.717) is 0 Å². The molecular formula is C21H26N4OS3. The molecule has 0 radical (unpaired) electrons. The molecule has 1 aliphatic carbocycles. The minimum Gasteiger partial charge on any atom is -0.378 e. The molecule has 8 heteroatoms. The van der Waals surface area contributed by atoms with Gasteiger partial charge in [-0.2, -0.15) is 0 Å². The zero-order chi connectivity index (χ0) is 19.8. The van der Waals surface area contributed by atoms with E-state index in [4.69, 9.17) is 19.7 Å². The van der Waals surface area contributed by atoms with E-state index in [-0.39, 0.29) is 0 Å². The van der Waals surface area contributed by atoms with Gasteiger partial charge in [-0.25, -0.2) is 15.0 Å². The number of anilines is 1. The van der Waals surface area contributed by atoms with E-state index in [1.54, 1.807) is 23.1 Å². The summed E-state index contributed by atoms with van der Waals surface area (Å²) < 4.78 is 6.87. The topological polar surface area (TPSA) is 51.1 Å². The standard InChI is InChI=1S/C21H26N4OS3/c1-3-27-20-18-16(23-21(24-20)28-4-2)15-17(25-9-11-26-12-10-25)13-7-5-6-8-14(13)22-19(15)29-18/h3-12H2,1-2H3. The lowest BCUT2D eigenvalue weighted by atomic mass is 9.93. The van der Waals surface area contributed by atoms with Crippen LogP contribution in [0.25, 0.3) is 20.4 Å². The van der Waals surface area contributed by atoms with Crippen LogP contribution in [0.4, 0.5) is 5.69 Å². The minimum absolute atomic E-state index is 0.795. The third-order valence-corrected chi connectivity index (χ3v) is 8.34. The number of thiophene rings is 1. The van der Waals surface area contributed by atoms with Crippen LogP contribution in [0.2, 0.25) is 0 Å². The summed E-state index contributed by atoms with van der Waals surface area (Å²) in [4.78, 5) is 18.8. The van der Waals surface area contributed by atoms with Crippen molar-refractivity contribution in [3.05, 3.63) is 11.3 Å². The molecule has 5 nitrogen and oxygen atoms in total. The number of nitrogens with zero attached hydrogens (tertiary/aromatic N) is 4. The average Bonchev–Trinajstić information content (AvgIpc) is 3.11. The van der Waals surface area contributed by atoms with Crippen LogP contribution in [0.5, 0.6) is 0 Å². The number of hydrogen-bond donors (Lipinski definition) is 0. The van der Waals surface area contributed by atoms with Crippen molar-refractivity contribution < 1.29 is 4.74 Å². The van der Waals surface area contributed by atoms with Crippen molar-refractivity contribution >= 4 is 61.0 Å². The molecule has 0 spiro atoms. The van der Waals surface area contributed by atoms with E-state index < -0.39 is 0 Å². The van der Waals surface area contributed by atoms with Crippen LogP contribution < -0.4 is 4.90 Å². The highest BCUT2D eigenvalue weighted by molar-refractivity contribution is 8.00. The first-order chi connectivity index (χ1) is 14.3. The van der Waals surface area contributed by atoms with Gasteiger partial charge in [0, 0.05) is 18.8 Å². The van der Waals surface area contributed by atoms with Crippen molar-refractivity contribution in [3.8, 4) is 0 Å². The number of ether oxygens (including phenoxy) is 1. The summed E-state index contributed by atoms with van der Waals surface area (Å²) in [7, 11) is 0. The molecule has 154 valence electrons. The molecule has 0 saturated carbocycles. The van der Waals surface area contributed by atoms with Gasteiger partial charge in [-0.15, -0.1) is 23.1 Å². The fourth-order valence-electron chi connectivity index (χ4n) is 4.32. The predicted molar refractivity (Wildman–Crippen MR) is 125 cm³/mol. The molecule has 1 aliphatic heterocycles. The molecule has 0 atom stereocenters. The number of thioether (sulfide) groups is 2. The van der Waals surface area contributed by atoms with Gasteiger partial charge in [-0.05, 0) is 42.8 Å². The van der Waals surface area contributed by atoms with Crippen molar-refractivity contribution in [1.29, 1.82) is 0 Å². The Morgan fingerprint density at radius 3 is 2.59 bits per heavy atom. The van der Waals surface area contributed by atoms with Gasteiger partial charge in [0.25, 0.3) is 0 Å². The van der Waals surface area contributed by atoms with Gasteiger partial charge in [0.15, 0.2) is 5.16 Å². The normalized spacial score (nSPS) is 17.2. The first-order valence-electron chi connectivity index (χ1n) is 10.5. The number of hydrogen-bond acceptors (Lipinski definition) is 8. The summed E-state index contributed by atoms with van der Waals surface area (Å²) in [5.41, 5.74) is 5.25. The highest BCUT2D eigenvalue weighted by atomic mass is 32.2. The maximum Gasteiger partial charge on any atom is 0.189 e. The highest BCUT2D eigenvalue weighted by Crippen LogP contribution is 2.45. The van der Waals surface area contributed by atoms with E-state index in [1.807, 2.05) is 11.8 Å². The number of morpholine rings is 1. The minimum atomic E-state index is 0.795. The zero-order valence-electron chi connectivity index (χ0n) is 17.0. The fraction of sp³-hybridized carbons (Fsp3) is 0.571. The molecule has 1 fully saturated rings. The lowest BCUT2D eigenvalue weighted by Gasteiger charge is -2.33. The second kappa shape index (κ2) is 8.57. The van der Waals surface area contributed by atoms with Crippen molar-refractivity contribution in [2.75, 3.05) is 42.7 Å². The number of aryl methyl sites for hydroxylation is 1. The summed E-state index contributed by atoms with van der Waals surface area (Å²) in [6.07, 6.45) is 4.71. The molecule has 3 aromatic rings. The molecule has 1 saturated heterocycles. The number of aromatic nitrogens is 3. The Morgan fingerprint density at radius 1 is 1.00 bits per heavy atom. The molecule has 0 bridgehead atoms. The van der Waals surface area contributed by atoms with Crippen LogP contribution in [0, 0.1) is 0 Å². The Kier molecular flexibility index (Phi) is 5.87. The van der Waals surface area contributed by atoms with E-state index in [9.17, 15) is 0 Å². The summed E-state index contributed by atoms with van der Waals surface area (Å²) in [5, 5.41) is 3.26. The van der Waals surface area contributed by atoms with Crippen LogP contribution in [0.1, 0.15) is 37.9 Å². The predicted octanol–water partition coefficient (Wildman–Crippen LogP) is 5.18.